The van der Waals surface area contributed by atoms with E-state index in [0.29, 0.717) is 5.54 Å². The topological polar surface area (TPSA) is 16.6 Å². The Labute approximate surface area is 57.8 Å². The molecule has 0 amide bonds. The second-order valence-electron chi connectivity index (χ2n) is 3.50. The molecular weight excluding hydrogens is 110 g/mol. The molecule has 0 unspecified atom stereocenters. The molecule has 1 heterocycles. The fraction of sp³-hybridized carbons (Fsp3) is 1.00. The van der Waals surface area contributed by atoms with Crippen LogP contribution in [0, 0.1) is 0 Å². The summed E-state index contributed by atoms with van der Waals surface area (Å²) in [5.41, 5.74) is 0.620. The Bertz CT molecular complexity index is 82.6. The molecule has 0 aliphatic carbocycles. The van der Waals surface area contributed by atoms with Gasteiger partial charge in [-0.2, -0.15) is 0 Å². The fourth-order valence-corrected chi connectivity index (χ4v) is 1.86. The first-order valence-corrected chi connectivity index (χ1v) is 4.11. The lowest BCUT2D eigenvalue weighted by Gasteiger charge is -2.18. The van der Waals surface area contributed by atoms with Crippen molar-refractivity contribution in [2.75, 3.05) is 6.54 Å². The van der Waals surface area contributed by atoms with Gasteiger partial charge in [-0.15, -0.1) is 0 Å². The molecule has 2 N–H and O–H groups in total. The van der Waals surface area contributed by atoms with Crippen molar-refractivity contribution in [3.8, 4) is 0 Å². The first-order valence-electron chi connectivity index (χ1n) is 4.11. The largest absolute Gasteiger partial charge is 0.342 e. The maximum atomic E-state index is 2.51. The minimum atomic E-state index is 0.620. The third-order valence-electron chi connectivity index (χ3n) is 2.41. The summed E-state index contributed by atoms with van der Waals surface area (Å²) in [6.45, 7) is 6.03. The maximum Gasteiger partial charge on any atom is 0.0935 e. The molecule has 1 saturated heterocycles. The van der Waals surface area contributed by atoms with Gasteiger partial charge in [-0.05, 0) is 6.92 Å². The van der Waals surface area contributed by atoms with Crippen molar-refractivity contribution in [2.45, 2.75) is 45.1 Å². The van der Waals surface area contributed by atoms with Crippen molar-refractivity contribution in [1.82, 2.24) is 0 Å². The molecule has 0 radical (unpaired) electrons. The Morgan fingerprint density at radius 2 is 2.33 bits per heavy atom. The lowest BCUT2D eigenvalue weighted by atomic mass is 9.95. The fourth-order valence-electron chi connectivity index (χ4n) is 1.86. The Morgan fingerprint density at radius 3 is 2.78 bits per heavy atom. The summed E-state index contributed by atoms with van der Waals surface area (Å²) < 4.78 is 0. The molecular formula is C8H18N+. The number of hydrogen-bond acceptors (Lipinski definition) is 0. The van der Waals surface area contributed by atoms with Gasteiger partial charge in [0.15, 0.2) is 0 Å². The molecule has 1 rings (SSSR count). The highest BCUT2D eigenvalue weighted by atomic mass is 15.0. The van der Waals surface area contributed by atoms with Crippen molar-refractivity contribution in [2.24, 2.45) is 0 Å². The Hall–Kier alpha value is -0.0400. The lowest BCUT2D eigenvalue weighted by molar-refractivity contribution is -0.705. The average Bonchev–Trinajstić information content (AvgIpc) is 2.16. The molecule has 9 heavy (non-hydrogen) atoms. The van der Waals surface area contributed by atoms with Crippen molar-refractivity contribution in [3.63, 3.8) is 0 Å². The van der Waals surface area contributed by atoms with Crippen LogP contribution < -0.4 is 5.32 Å². The summed E-state index contributed by atoms with van der Waals surface area (Å²) in [5.74, 6) is 0. The first-order chi connectivity index (χ1) is 4.27. The third kappa shape index (κ3) is 1.68. The van der Waals surface area contributed by atoms with Gasteiger partial charge in [0.25, 0.3) is 0 Å². The van der Waals surface area contributed by atoms with E-state index in [4.69, 9.17) is 0 Å². The number of nitrogens with two attached hydrogens (primary N) is 1. The predicted molar refractivity (Wildman–Crippen MR) is 39.3 cm³/mol. The van der Waals surface area contributed by atoms with Crippen molar-refractivity contribution >= 4 is 0 Å². The van der Waals surface area contributed by atoms with Crippen LogP contribution in [0.15, 0.2) is 0 Å². The third-order valence-corrected chi connectivity index (χ3v) is 2.41. The summed E-state index contributed by atoms with van der Waals surface area (Å²) >= 11 is 0. The number of quaternary nitrogens is 1. The van der Waals surface area contributed by atoms with Crippen LogP contribution in [-0.2, 0) is 0 Å². The first kappa shape index (κ1) is 7.07. The van der Waals surface area contributed by atoms with E-state index < -0.39 is 0 Å². The molecule has 0 spiro atoms. The van der Waals surface area contributed by atoms with Gasteiger partial charge in [0.1, 0.15) is 0 Å². The van der Waals surface area contributed by atoms with E-state index in [2.05, 4.69) is 19.2 Å². The van der Waals surface area contributed by atoms with E-state index >= 15 is 0 Å². The molecule has 1 aliphatic rings. The minimum Gasteiger partial charge on any atom is -0.342 e. The summed E-state index contributed by atoms with van der Waals surface area (Å²) in [6.07, 6.45) is 5.59. The van der Waals surface area contributed by atoms with Gasteiger partial charge in [0.05, 0.1) is 12.1 Å². The highest BCUT2D eigenvalue weighted by Gasteiger charge is 2.30. The van der Waals surface area contributed by atoms with Crippen LogP contribution in [0.4, 0.5) is 0 Å². The highest BCUT2D eigenvalue weighted by molar-refractivity contribution is 4.74. The lowest BCUT2D eigenvalue weighted by Crippen LogP contribution is -2.92. The zero-order valence-electron chi connectivity index (χ0n) is 6.61. The van der Waals surface area contributed by atoms with Crippen molar-refractivity contribution < 1.29 is 5.32 Å². The van der Waals surface area contributed by atoms with Crippen LogP contribution in [0.3, 0.4) is 0 Å². The van der Waals surface area contributed by atoms with E-state index in [1.54, 1.807) is 0 Å². The average molecular weight is 128 g/mol. The summed E-state index contributed by atoms with van der Waals surface area (Å²) in [7, 11) is 0. The summed E-state index contributed by atoms with van der Waals surface area (Å²) in [6, 6.07) is 0. The van der Waals surface area contributed by atoms with Crippen LogP contribution in [0.2, 0.25) is 0 Å². The number of hydrogen-bond donors (Lipinski definition) is 1. The van der Waals surface area contributed by atoms with E-state index in [1.165, 1.54) is 32.2 Å². The molecule has 0 saturated carbocycles. The zero-order valence-corrected chi connectivity index (χ0v) is 6.61. The monoisotopic (exact) mass is 128 g/mol. The zero-order chi connectivity index (χ0) is 6.74. The van der Waals surface area contributed by atoms with Gasteiger partial charge in [-0.1, -0.05) is 13.3 Å². The smallest absolute Gasteiger partial charge is 0.0935 e. The maximum absolute atomic E-state index is 2.51. The molecule has 1 fully saturated rings. The Kier molecular flexibility index (Phi) is 2.12. The summed E-state index contributed by atoms with van der Waals surface area (Å²) in [4.78, 5) is 0. The van der Waals surface area contributed by atoms with Gasteiger partial charge in [0.2, 0.25) is 0 Å². The number of rotatable bonds is 2. The second-order valence-corrected chi connectivity index (χ2v) is 3.50. The van der Waals surface area contributed by atoms with Gasteiger partial charge in [0, 0.05) is 19.3 Å². The predicted octanol–water partition coefficient (Wildman–Crippen LogP) is 0.902. The Morgan fingerprint density at radius 1 is 1.56 bits per heavy atom. The molecule has 0 aromatic heterocycles. The highest BCUT2D eigenvalue weighted by Crippen LogP contribution is 2.16. The van der Waals surface area contributed by atoms with Crippen LogP contribution >= 0.6 is 0 Å². The van der Waals surface area contributed by atoms with Crippen LogP contribution in [0.1, 0.15) is 39.5 Å². The molecule has 1 nitrogen and oxygen atoms in total. The standard InChI is InChI=1S/C8H17N/c1-3-5-8(2)6-4-7-9-8/h9H,3-7H2,1-2H3/p+1/t8-/m0/s1. The van der Waals surface area contributed by atoms with Gasteiger partial charge in [-0.25, -0.2) is 0 Å². The SMILES string of the molecule is CCC[C@@]1(C)CCC[NH2+]1. The van der Waals surface area contributed by atoms with E-state index in [1.807, 2.05) is 0 Å². The second kappa shape index (κ2) is 2.70. The molecule has 1 atom stereocenters. The van der Waals surface area contributed by atoms with Gasteiger partial charge < -0.3 is 5.32 Å². The van der Waals surface area contributed by atoms with Gasteiger partial charge in [-0.3, -0.25) is 0 Å². The van der Waals surface area contributed by atoms with Crippen LogP contribution in [-0.4, -0.2) is 12.1 Å². The van der Waals surface area contributed by atoms with Crippen LogP contribution in [0.25, 0.3) is 0 Å². The molecule has 0 bridgehead atoms. The molecule has 1 aliphatic heterocycles. The minimum absolute atomic E-state index is 0.620. The molecule has 1 heteroatoms. The van der Waals surface area contributed by atoms with Gasteiger partial charge >= 0.3 is 0 Å². The van der Waals surface area contributed by atoms with Crippen molar-refractivity contribution in [1.29, 1.82) is 0 Å². The van der Waals surface area contributed by atoms with Crippen molar-refractivity contribution in [3.05, 3.63) is 0 Å². The molecule has 0 aromatic rings. The molecule has 54 valence electrons. The normalized spacial score (nSPS) is 35.3. The quantitative estimate of drug-likeness (QED) is 0.569. The summed E-state index contributed by atoms with van der Waals surface area (Å²) in [5, 5.41) is 2.51. The molecule has 0 aromatic carbocycles. The van der Waals surface area contributed by atoms with Crippen LogP contribution in [0.5, 0.6) is 0 Å². The Balaban J connectivity index is 2.32. The van der Waals surface area contributed by atoms with E-state index in [9.17, 15) is 0 Å². The van der Waals surface area contributed by atoms with E-state index in [0.717, 1.165) is 0 Å². The van der Waals surface area contributed by atoms with E-state index in [-0.39, 0.29) is 0 Å².